The lowest BCUT2D eigenvalue weighted by molar-refractivity contribution is 0.434. The van der Waals surface area contributed by atoms with Crippen LogP contribution in [0.15, 0.2) is 0 Å². The molecular weight excluding hydrogens is 118 g/mol. The first-order valence-electron chi connectivity index (χ1n) is 2.65. The molecule has 1 radical (unpaired) electrons. The van der Waals surface area contributed by atoms with E-state index in [2.05, 4.69) is 25.9 Å². The van der Waals surface area contributed by atoms with Gasteiger partial charge in [0.05, 0.1) is 0 Å². The fourth-order valence-electron chi connectivity index (χ4n) is 0. The van der Waals surface area contributed by atoms with Crippen LogP contribution in [-0.4, -0.2) is 33.1 Å². The van der Waals surface area contributed by atoms with Crippen molar-refractivity contribution in [3.63, 3.8) is 0 Å². The van der Waals surface area contributed by atoms with Gasteiger partial charge < -0.3 is 9.22 Å². The Kier molecular flexibility index (Phi) is 13.1. The lowest BCUT2D eigenvalue weighted by atomic mass is 10.1. The Morgan fingerprint density at radius 2 is 1.89 bits per heavy atom. The van der Waals surface area contributed by atoms with Crippen molar-refractivity contribution in [3.8, 4) is 5.97 Å². The minimum absolute atomic E-state index is 0.0694. The van der Waals surface area contributed by atoms with E-state index in [4.69, 9.17) is 5.26 Å². The molecule has 0 heterocycles. The molecule has 0 rings (SSSR count). The van der Waals surface area contributed by atoms with Crippen molar-refractivity contribution < 1.29 is 4.32 Å². The maximum atomic E-state index is 10.2. The maximum absolute atomic E-state index is 10.2. The molecule has 0 bridgehead atoms. The summed E-state index contributed by atoms with van der Waals surface area (Å²) in [6.07, 6.45) is 0. The second kappa shape index (κ2) is 10.4. The molecule has 0 atom stereocenters. The Bertz CT molecular complexity index is 79.5. The van der Waals surface area contributed by atoms with Gasteiger partial charge in [0.25, 0.3) is 0 Å². The first-order valence-corrected chi connectivity index (χ1v) is 2.65. The van der Waals surface area contributed by atoms with Crippen molar-refractivity contribution in [1.29, 1.82) is 5.26 Å². The number of nitriles is 1. The van der Waals surface area contributed by atoms with Crippen LogP contribution >= 0.6 is 0 Å². The predicted octanol–water partition coefficient (Wildman–Crippen LogP) is 0.624. The molecule has 0 aliphatic heterocycles. The Morgan fingerprint density at radius 3 is 1.89 bits per heavy atom. The average molecular weight is 129 g/mol. The summed E-state index contributed by atoms with van der Waals surface area (Å²) in [5, 5.41) is 7.19. The summed E-state index contributed by atoms with van der Waals surface area (Å²) in [6, 6.07) is 0. The molecule has 4 heteroatoms. The van der Waals surface area contributed by atoms with Crippen molar-refractivity contribution in [3.05, 3.63) is 0 Å². The van der Waals surface area contributed by atoms with Gasteiger partial charge in [0.15, 0.2) is 0 Å². The average Bonchev–Trinajstić information content (AvgIpc) is 1.89. The molecule has 51 valence electrons. The van der Waals surface area contributed by atoms with Crippen LogP contribution in [0.25, 0.3) is 0 Å². The standard InChI is InChI=1S/C4H11N.CBFN/c1-4-5(2)3;3-2-1-4/h4H2,1-3H3;. The third-order valence-electron chi connectivity index (χ3n) is 0.681. The van der Waals surface area contributed by atoms with Crippen molar-refractivity contribution in [2.24, 2.45) is 0 Å². The van der Waals surface area contributed by atoms with Gasteiger partial charge in [0.1, 0.15) is 0 Å². The van der Waals surface area contributed by atoms with Gasteiger partial charge in [-0.25, -0.2) is 5.26 Å². The van der Waals surface area contributed by atoms with E-state index >= 15 is 0 Å². The highest BCUT2D eigenvalue weighted by atomic mass is 19.1. The van der Waals surface area contributed by atoms with Crippen molar-refractivity contribution >= 4 is 7.56 Å². The fourth-order valence-corrected chi connectivity index (χ4v) is 0. The summed E-state index contributed by atoms with van der Waals surface area (Å²) >= 11 is 0. The van der Waals surface area contributed by atoms with Crippen LogP contribution in [0.3, 0.4) is 0 Å². The molecule has 0 aromatic heterocycles. The van der Waals surface area contributed by atoms with Crippen molar-refractivity contribution in [1.82, 2.24) is 4.90 Å². The van der Waals surface area contributed by atoms with Gasteiger partial charge in [-0.3, -0.25) is 0 Å². The predicted molar refractivity (Wildman–Crippen MR) is 36.7 cm³/mol. The van der Waals surface area contributed by atoms with Gasteiger partial charge in [-0.1, -0.05) is 6.92 Å². The lowest BCUT2D eigenvalue weighted by Gasteiger charge is -2.00. The Morgan fingerprint density at radius 1 is 1.67 bits per heavy atom. The third-order valence-corrected chi connectivity index (χ3v) is 0.681. The highest BCUT2D eigenvalue weighted by Gasteiger charge is 1.72. The Balaban J connectivity index is 0. The smallest absolute Gasteiger partial charge is 0.319 e. The van der Waals surface area contributed by atoms with Gasteiger partial charge in [-0.15, -0.1) is 0 Å². The summed E-state index contributed by atoms with van der Waals surface area (Å²) in [4.78, 5) is 2.12. The van der Waals surface area contributed by atoms with Gasteiger partial charge in [0.2, 0.25) is 0 Å². The van der Waals surface area contributed by atoms with Crippen LogP contribution < -0.4 is 0 Å². The first kappa shape index (κ1) is 11.3. The van der Waals surface area contributed by atoms with Crippen LogP contribution in [-0.2, 0) is 0 Å². The molecule has 2 nitrogen and oxygen atoms in total. The van der Waals surface area contributed by atoms with Crippen molar-refractivity contribution in [2.75, 3.05) is 20.6 Å². The molecule has 0 saturated carbocycles. The zero-order valence-corrected chi connectivity index (χ0v) is 6.06. The van der Waals surface area contributed by atoms with E-state index in [9.17, 15) is 4.32 Å². The van der Waals surface area contributed by atoms with Crippen molar-refractivity contribution in [2.45, 2.75) is 6.92 Å². The molecule has 0 unspecified atom stereocenters. The summed E-state index contributed by atoms with van der Waals surface area (Å²) in [7, 11) is 4.04. The van der Waals surface area contributed by atoms with Gasteiger partial charge >= 0.3 is 7.56 Å². The molecule has 0 fully saturated rings. The molecule has 9 heavy (non-hydrogen) atoms. The topological polar surface area (TPSA) is 27.0 Å². The van der Waals surface area contributed by atoms with Crippen LogP contribution in [0.2, 0.25) is 0 Å². The van der Waals surface area contributed by atoms with Crippen LogP contribution in [0.4, 0.5) is 4.32 Å². The summed E-state index contributed by atoms with van der Waals surface area (Å²) in [5.41, 5.74) is 0. The van der Waals surface area contributed by atoms with E-state index in [0.717, 1.165) is 12.5 Å². The number of hydrogen-bond donors (Lipinski definition) is 0. The molecule has 0 aromatic rings. The fraction of sp³-hybridized carbons (Fsp3) is 0.800. The quantitative estimate of drug-likeness (QED) is 0.485. The molecular formula is C5H11BFN2. The summed E-state index contributed by atoms with van der Waals surface area (Å²) in [5.74, 6) is 1.14. The molecule has 0 aliphatic carbocycles. The minimum atomic E-state index is -0.0694. The first-order chi connectivity index (χ1) is 4.18. The number of nitrogens with zero attached hydrogens (tertiary/aromatic N) is 2. The van der Waals surface area contributed by atoms with E-state index < -0.39 is 0 Å². The van der Waals surface area contributed by atoms with Crippen LogP contribution in [0.1, 0.15) is 6.92 Å². The molecule has 0 amide bonds. The molecule has 0 saturated heterocycles. The van der Waals surface area contributed by atoms with E-state index in [1.165, 1.54) is 0 Å². The van der Waals surface area contributed by atoms with Crippen LogP contribution in [0.5, 0.6) is 0 Å². The maximum Gasteiger partial charge on any atom is 0.483 e. The number of rotatable bonds is 1. The number of halogens is 1. The summed E-state index contributed by atoms with van der Waals surface area (Å²) < 4.78 is 10.2. The van der Waals surface area contributed by atoms with Gasteiger partial charge in [-0.05, 0) is 20.6 Å². The zero-order valence-electron chi connectivity index (χ0n) is 6.06. The van der Waals surface area contributed by atoms with E-state index in [1.807, 2.05) is 0 Å². The second-order valence-electron chi connectivity index (χ2n) is 1.63. The normalized spacial score (nSPS) is 7.11. The molecule has 0 N–H and O–H groups in total. The van der Waals surface area contributed by atoms with E-state index in [1.54, 1.807) is 0 Å². The van der Waals surface area contributed by atoms with E-state index in [-0.39, 0.29) is 7.56 Å². The van der Waals surface area contributed by atoms with Gasteiger partial charge in [0, 0.05) is 5.97 Å². The highest BCUT2D eigenvalue weighted by Crippen LogP contribution is 1.63. The third kappa shape index (κ3) is 36.9. The Hall–Kier alpha value is -0.555. The zero-order chi connectivity index (χ0) is 7.70. The minimum Gasteiger partial charge on any atom is -0.319 e. The largest absolute Gasteiger partial charge is 0.483 e. The Labute approximate surface area is 56.6 Å². The SMILES string of the molecule is CCN(C)C.N#C[B]F. The molecule has 0 aromatic carbocycles. The monoisotopic (exact) mass is 129 g/mol. The molecule has 0 spiro atoms. The second-order valence-corrected chi connectivity index (χ2v) is 1.63. The summed E-state index contributed by atoms with van der Waals surface area (Å²) in [6.45, 7) is 3.26. The van der Waals surface area contributed by atoms with Crippen LogP contribution in [0, 0.1) is 11.2 Å². The highest BCUT2D eigenvalue weighted by molar-refractivity contribution is 6.36. The van der Waals surface area contributed by atoms with E-state index in [0.29, 0.717) is 0 Å². The molecule has 0 aliphatic rings. The lowest BCUT2D eigenvalue weighted by Crippen LogP contribution is -2.08. The number of hydrogen-bond acceptors (Lipinski definition) is 2. The van der Waals surface area contributed by atoms with Gasteiger partial charge in [-0.2, -0.15) is 0 Å².